The first kappa shape index (κ1) is 91.8. The summed E-state index contributed by atoms with van der Waals surface area (Å²) in [5.74, 6) is -1.97. The van der Waals surface area contributed by atoms with Gasteiger partial charge in [-0.3, -0.25) is 24.4 Å². The summed E-state index contributed by atoms with van der Waals surface area (Å²) in [7, 11) is 0. The molecule has 6 aromatic heterocycles. The minimum absolute atomic E-state index is 0. The fourth-order valence-electron chi connectivity index (χ4n) is 10.0. The summed E-state index contributed by atoms with van der Waals surface area (Å²) in [5, 5.41) is 26.3. The van der Waals surface area contributed by atoms with Crippen molar-refractivity contribution in [1.82, 2.24) is 29.9 Å². The number of aromatic nitrogens is 6. The van der Waals surface area contributed by atoms with E-state index in [-0.39, 0.29) is 146 Å². The molecule has 0 aliphatic heterocycles. The van der Waals surface area contributed by atoms with E-state index in [4.69, 9.17) is 15.3 Å². The van der Waals surface area contributed by atoms with E-state index in [0.717, 1.165) is 63.0 Å². The fraction of sp³-hybridized carbons (Fsp3) is 0.116. The molecule has 0 spiro atoms. The predicted molar refractivity (Wildman–Crippen MR) is 393 cm³/mol. The number of nitrogens with zero attached hydrogens (tertiary/aromatic N) is 6. The summed E-state index contributed by atoms with van der Waals surface area (Å²) >= 11 is 0. The molecule has 547 valence electrons. The summed E-state index contributed by atoms with van der Waals surface area (Å²) in [6, 6.07) is 84.1. The largest absolute Gasteiger partial charge is 0.512 e. The standard InChI is InChI=1S/C24H18N.C15H10N.2C11H8N.C10H5F2N2.3C5H8O2.5Ir/c1-24(2)21-10-6-5-9-19(21)20-12-11-17(15-22(20)24)23-18-8-4-3-7-16(18)13-14-25-23;1-2-6-12(7-3-1)15-11-10-13-8-4-5-9-14(13)16-15;2*1-2-6-10(7-3-1)11-8-4-5-9-12-11;11-9-5-4-7(10(12)14-9)8-3-1-2-6-13-8;3*1-4(6)3-5(2)7;;;;;/h3,5-6,8-10,12-15H,7H2,1-2H3;1-6,8-11H;2*1-6,8-9H;1-3,5-6H;3*3,6H,1-2H3;;;;;/q5*-1;;;;;;;;. The number of fused-ring (bicyclic) bond motifs is 5. The van der Waals surface area contributed by atoms with E-state index in [0.29, 0.717) is 5.69 Å². The predicted octanol–water partition coefficient (Wildman–Crippen LogP) is 19.7. The average Bonchev–Trinajstić information content (AvgIpc) is 1.58. The Hall–Kier alpha value is -9.26. The van der Waals surface area contributed by atoms with Gasteiger partial charge in [-0.2, -0.15) is 0 Å². The van der Waals surface area contributed by atoms with Gasteiger partial charge in [-0.25, -0.2) is 8.78 Å². The number of benzene rings is 6. The van der Waals surface area contributed by atoms with Crippen molar-refractivity contribution in [3.05, 3.63) is 349 Å². The monoisotopic (exact) mass is 2290 g/mol. The Bertz CT molecular complexity index is 4610. The Morgan fingerprint density at radius 2 is 0.933 bits per heavy atom. The van der Waals surface area contributed by atoms with E-state index in [1.165, 1.54) is 105 Å². The van der Waals surface area contributed by atoms with Gasteiger partial charge in [0.1, 0.15) is 11.9 Å². The Balaban J connectivity index is 0.000000421. The number of pyridine rings is 6. The number of allylic oxidation sites excluding steroid dienone is 7. The molecule has 3 N–H and O–H groups in total. The van der Waals surface area contributed by atoms with Gasteiger partial charge in [-0.15, -0.1) is 149 Å². The third-order valence-electron chi connectivity index (χ3n) is 14.3. The topological polar surface area (TPSA) is 189 Å². The van der Waals surface area contributed by atoms with Gasteiger partial charge in [0.15, 0.2) is 17.3 Å². The second-order valence-corrected chi connectivity index (χ2v) is 22.7. The molecule has 2 aliphatic carbocycles. The maximum atomic E-state index is 13.1. The molecule has 0 bridgehead atoms. The van der Waals surface area contributed by atoms with Gasteiger partial charge in [0.25, 0.3) is 0 Å². The molecule has 12 aromatic rings. The molecule has 19 heteroatoms. The zero-order valence-electron chi connectivity index (χ0n) is 58.3. The van der Waals surface area contributed by atoms with Crippen LogP contribution in [0, 0.1) is 42.2 Å². The molecule has 0 unspecified atom stereocenters. The van der Waals surface area contributed by atoms with E-state index < -0.39 is 11.9 Å². The molecule has 14 rings (SSSR count). The van der Waals surface area contributed by atoms with Crippen LogP contribution in [0.4, 0.5) is 8.78 Å². The van der Waals surface area contributed by atoms with Crippen LogP contribution in [-0.4, -0.2) is 62.6 Å². The van der Waals surface area contributed by atoms with Gasteiger partial charge >= 0.3 is 0 Å². The number of hydrogen-bond donors (Lipinski definition) is 3. The number of aliphatic hydroxyl groups is 3. The second-order valence-electron chi connectivity index (χ2n) is 22.7. The number of hydrogen-bond acceptors (Lipinski definition) is 12. The van der Waals surface area contributed by atoms with Crippen molar-refractivity contribution in [3.8, 4) is 67.4 Å². The molecule has 12 nitrogen and oxygen atoms in total. The maximum Gasteiger partial charge on any atom is 0.155 e. The van der Waals surface area contributed by atoms with E-state index in [1.54, 1.807) is 30.6 Å². The SMILES string of the molecule is CC(=O)C=C(C)O.CC(=O)C=C(C)O.CC(=O)C=C(C)O.CC1(C)c2ccccc2-c2c[c-]c(-c3nccc4c3C=C=CC4)cc21.Fc1c[c-]c(-c2ccccn2)c(F)n1.[Ir].[Ir].[Ir].[Ir].[Ir].[c-]1ccccc1-c1ccc2ccccc2n1.[c-]1ccccc1-c1ccccn1.[c-]1ccccc1-c1ccccn1. The van der Waals surface area contributed by atoms with Crippen LogP contribution >= 0.6 is 0 Å². The Kier molecular flexibility index (Phi) is 41.9. The van der Waals surface area contributed by atoms with Gasteiger partial charge in [0.2, 0.25) is 0 Å². The zero-order chi connectivity index (χ0) is 71.8. The number of rotatable bonds is 8. The van der Waals surface area contributed by atoms with Crippen LogP contribution in [-0.2, 0) is 127 Å². The number of aliphatic hydroxyl groups excluding tert-OH is 3. The Morgan fingerprint density at radius 3 is 1.40 bits per heavy atom. The maximum absolute atomic E-state index is 13.1. The summed E-state index contributed by atoms with van der Waals surface area (Å²) in [6.07, 6.45) is 15.5. The molecule has 0 saturated heterocycles. The number of ketones is 3. The first-order chi connectivity index (χ1) is 48.2. The summed E-state index contributed by atoms with van der Waals surface area (Å²) in [6.45, 7) is 13.2. The third kappa shape index (κ3) is 30.0. The van der Waals surface area contributed by atoms with E-state index in [9.17, 15) is 23.2 Å². The van der Waals surface area contributed by atoms with Crippen LogP contribution in [0.5, 0.6) is 0 Å². The number of para-hydroxylation sites is 1. The molecule has 0 saturated carbocycles. The minimum atomic E-state index is -0.899. The first-order valence-electron chi connectivity index (χ1n) is 31.6. The third-order valence-corrected chi connectivity index (χ3v) is 14.3. The molecule has 5 radical (unpaired) electrons. The molecule has 0 atom stereocenters. The normalized spacial score (nSPS) is 11.2. The summed E-state index contributed by atoms with van der Waals surface area (Å²) < 4.78 is 25.6. The van der Waals surface area contributed by atoms with Crippen molar-refractivity contribution < 1.29 is 139 Å². The average molecular weight is 2290 g/mol. The van der Waals surface area contributed by atoms with Gasteiger partial charge in [0, 0.05) is 144 Å². The Labute approximate surface area is 680 Å². The smallest absolute Gasteiger partial charge is 0.155 e. The number of carbonyl (C=O) groups is 3. The molecule has 6 heterocycles. The van der Waals surface area contributed by atoms with Crippen molar-refractivity contribution in [2.75, 3.05) is 0 Å². The van der Waals surface area contributed by atoms with Crippen molar-refractivity contribution in [1.29, 1.82) is 0 Å². The quantitative estimate of drug-likeness (QED) is 0.0430. The van der Waals surface area contributed by atoms with Crippen LogP contribution < -0.4 is 0 Å². The van der Waals surface area contributed by atoms with Crippen molar-refractivity contribution >= 4 is 34.3 Å². The number of carbonyl (C=O) groups excluding carboxylic acids is 3. The van der Waals surface area contributed by atoms with Crippen LogP contribution in [0.25, 0.3) is 84.4 Å². The van der Waals surface area contributed by atoms with Gasteiger partial charge in [-0.1, -0.05) is 128 Å². The molecule has 0 amide bonds. The van der Waals surface area contributed by atoms with Crippen LogP contribution in [0.2, 0.25) is 0 Å². The number of halogens is 2. The van der Waals surface area contributed by atoms with E-state index >= 15 is 0 Å². The van der Waals surface area contributed by atoms with Crippen molar-refractivity contribution in [3.63, 3.8) is 0 Å². The zero-order valence-corrected chi connectivity index (χ0v) is 70.3. The van der Waals surface area contributed by atoms with Crippen LogP contribution in [0.3, 0.4) is 0 Å². The first-order valence-corrected chi connectivity index (χ1v) is 31.6. The Morgan fingerprint density at radius 1 is 0.457 bits per heavy atom. The molecule has 6 aromatic carbocycles. The van der Waals surface area contributed by atoms with Gasteiger partial charge in [-0.05, 0) is 146 Å². The van der Waals surface area contributed by atoms with Gasteiger partial charge in [0.05, 0.1) is 22.8 Å². The molecular weight excluding hydrogens is 2210 g/mol. The molecule has 2 aliphatic rings. The summed E-state index contributed by atoms with van der Waals surface area (Å²) in [5.41, 5.74) is 20.7. The second kappa shape index (κ2) is 48.0. The van der Waals surface area contributed by atoms with Crippen LogP contribution in [0.1, 0.15) is 77.6 Å². The molecule has 0 fully saturated rings. The van der Waals surface area contributed by atoms with E-state index in [1.807, 2.05) is 146 Å². The minimum Gasteiger partial charge on any atom is -0.512 e. The van der Waals surface area contributed by atoms with Gasteiger partial charge < -0.3 is 35.3 Å². The molecular formula is C86H73F2Ir5N6O6-5. The fourth-order valence-corrected chi connectivity index (χ4v) is 10.0. The van der Waals surface area contributed by atoms with Crippen LogP contribution in [0.15, 0.2) is 284 Å². The van der Waals surface area contributed by atoms with E-state index in [2.05, 4.69) is 140 Å². The van der Waals surface area contributed by atoms with Crippen molar-refractivity contribution in [2.45, 2.75) is 67.2 Å². The van der Waals surface area contributed by atoms with Crippen molar-refractivity contribution in [2.24, 2.45) is 0 Å². The summed E-state index contributed by atoms with van der Waals surface area (Å²) in [4.78, 5) is 54.7. The molecule has 105 heavy (non-hydrogen) atoms.